The van der Waals surface area contributed by atoms with Gasteiger partial charge in [0.25, 0.3) is 5.91 Å². The lowest BCUT2D eigenvalue weighted by Gasteiger charge is -2.14. The lowest BCUT2D eigenvalue weighted by molar-refractivity contribution is 0.0939. The second-order valence-electron chi connectivity index (χ2n) is 4.92. The van der Waals surface area contributed by atoms with E-state index in [2.05, 4.69) is 10.3 Å². The second kappa shape index (κ2) is 7.79. The number of ether oxygens (including phenoxy) is 2. The first-order valence-electron chi connectivity index (χ1n) is 7.12. The molecule has 6 heteroatoms. The summed E-state index contributed by atoms with van der Waals surface area (Å²) in [5.74, 6) is 1.02. The fourth-order valence-corrected chi connectivity index (χ4v) is 2.34. The van der Waals surface area contributed by atoms with Gasteiger partial charge in [0, 0.05) is 17.0 Å². The smallest absolute Gasteiger partial charge is 0.251 e. The lowest BCUT2D eigenvalue weighted by Crippen LogP contribution is -2.31. The highest BCUT2D eigenvalue weighted by Crippen LogP contribution is 2.28. The highest BCUT2D eigenvalue weighted by atomic mass is 32.1. The summed E-state index contributed by atoms with van der Waals surface area (Å²) in [4.78, 5) is 16.3. The molecule has 0 radical (unpaired) electrons. The summed E-state index contributed by atoms with van der Waals surface area (Å²) in [6.07, 6.45) is 0.887. The Hall–Kier alpha value is -2.08. The molecule has 1 aromatic carbocycles. The molecule has 118 valence electrons. The van der Waals surface area contributed by atoms with E-state index in [-0.39, 0.29) is 11.9 Å². The molecule has 1 amide bonds. The molecule has 0 fully saturated rings. The van der Waals surface area contributed by atoms with Gasteiger partial charge in [-0.1, -0.05) is 6.92 Å². The molecule has 0 saturated heterocycles. The van der Waals surface area contributed by atoms with E-state index in [9.17, 15) is 4.79 Å². The van der Waals surface area contributed by atoms with Crippen molar-refractivity contribution in [1.82, 2.24) is 10.3 Å². The van der Waals surface area contributed by atoms with Crippen molar-refractivity contribution in [1.29, 1.82) is 0 Å². The van der Waals surface area contributed by atoms with Crippen molar-refractivity contribution in [3.63, 3.8) is 0 Å². The predicted molar refractivity (Wildman–Crippen MR) is 86.7 cm³/mol. The first-order chi connectivity index (χ1) is 10.6. The van der Waals surface area contributed by atoms with Crippen molar-refractivity contribution < 1.29 is 14.3 Å². The summed E-state index contributed by atoms with van der Waals surface area (Å²) in [6.45, 7) is 4.37. The topological polar surface area (TPSA) is 60.5 Å². The van der Waals surface area contributed by atoms with E-state index in [1.165, 1.54) is 11.3 Å². The maximum absolute atomic E-state index is 12.1. The van der Waals surface area contributed by atoms with Crippen LogP contribution in [0.1, 0.15) is 36.3 Å². The molecule has 2 rings (SSSR count). The minimum absolute atomic E-state index is 0.112. The van der Waals surface area contributed by atoms with Crippen LogP contribution in [0.15, 0.2) is 29.1 Å². The first-order valence-corrected chi connectivity index (χ1v) is 8.07. The first kappa shape index (κ1) is 16.3. The van der Waals surface area contributed by atoms with Gasteiger partial charge in [-0.15, -0.1) is 11.3 Å². The molecule has 0 aliphatic carbocycles. The Balaban J connectivity index is 2.08. The summed E-state index contributed by atoms with van der Waals surface area (Å²) < 4.78 is 11.0. The molecule has 0 unspecified atom stereocenters. The van der Waals surface area contributed by atoms with Crippen LogP contribution in [0.5, 0.6) is 11.5 Å². The van der Waals surface area contributed by atoms with E-state index in [1.807, 2.05) is 19.2 Å². The number of hydrogen-bond donors (Lipinski definition) is 1. The van der Waals surface area contributed by atoms with Crippen molar-refractivity contribution in [2.24, 2.45) is 0 Å². The van der Waals surface area contributed by atoms with Gasteiger partial charge < -0.3 is 14.8 Å². The number of carbonyl (C=O) groups is 1. The van der Waals surface area contributed by atoms with Gasteiger partial charge in [0.15, 0.2) is 11.5 Å². The van der Waals surface area contributed by atoms with Crippen molar-refractivity contribution in [2.45, 2.75) is 32.9 Å². The molecule has 1 aromatic heterocycles. The Bertz CT molecular complexity index is 614. The van der Waals surface area contributed by atoms with Crippen LogP contribution >= 0.6 is 11.3 Å². The summed E-state index contributed by atoms with van der Waals surface area (Å²) in [5.41, 5.74) is 3.18. The molecule has 1 N–H and O–H groups in total. The Morgan fingerprint density at radius 1 is 1.41 bits per heavy atom. The normalized spacial score (nSPS) is 11.8. The monoisotopic (exact) mass is 320 g/mol. The van der Waals surface area contributed by atoms with Crippen molar-refractivity contribution in [2.75, 3.05) is 7.11 Å². The quantitative estimate of drug-likeness (QED) is 0.850. The molecule has 22 heavy (non-hydrogen) atoms. The maximum Gasteiger partial charge on any atom is 0.251 e. The van der Waals surface area contributed by atoms with Crippen LogP contribution in [-0.4, -0.2) is 24.0 Å². The molecule has 1 heterocycles. The molecule has 0 aliphatic rings. The third-order valence-electron chi connectivity index (χ3n) is 3.27. The number of methoxy groups -OCH3 is 1. The maximum atomic E-state index is 12.1. The number of nitrogens with one attached hydrogen (secondary N) is 1. The fraction of sp³-hybridized carbons (Fsp3) is 0.375. The van der Waals surface area contributed by atoms with Gasteiger partial charge in [0.1, 0.15) is 6.61 Å². The standard InChI is InChI=1S/C16H20N2O3S/c1-4-11(2)18-16(19)12-5-6-14(15(7-12)20-3)21-8-13-9-22-10-17-13/h5-7,9-11H,4,8H2,1-3H3,(H,18,19)/t11-/m0/s1. The number of thiazole rings is 1. The Labute approximate surface area is 134 Å². The summed E-state index contributed by atoms with van der Waals surface area (Å²) >= 11 is 1.52. The van der Waals surface area contributed by atoms with Gasteiger partial charge in [0.05, 0.1) is 18.3 Å². The number of nitrogens with zero attached hydrogens (tertiary/aromatic N) is 1. The van der Waals surface area contributed by atoms with Gasteiger partial charge in [-0.3, -0.25) is 4.79 Å². The van der Waals surface area contributed by atoms with Crippen LogP contribution < -0.4 is 14.8 Å². The van der Waals surface area contributed by atoms with E-state index >= 15 is 0 Å². The predicted octanol–water partition coefficient (Wildman–Crippen LogP) is 3.26. The zero-order chi connectivity index (χ0) is 15.9. The van der Waals surface area contributed by atoms with Crippen LogP contribution in [0.25, 0.3) is 0 Å². The highest BCUT2D eigenvalue weighted by Gasteiger charge is 2.13. The van der Waals surface area contributed by atoms with Crippen molar-refractivity contribution in [3.8, 4) is 11.5 Å². The van der Waals surface area contributed by atoms with Gasteiger partial charge in [-0.2, -0.15) is 0 Å². The van der Waals surface area contributed by atoms with E-state index in [0.29, 0.717) is 23.7 Å². The Morgan fingerprint density at radius 3 is 2.86 bits per heavy atom. The highest BCUT2D eigenvalue weighted by molar-refractivity contribution is 7.07. The number of benzene rings is 1. The number of amides is 1. The zero-order valence-electron chi connectivity index (χ0n) is 13.0. The Kier molecular flexibility index (Phi) is 5.77. The molecule has 1 atom stereocenters. The zero-order valence-corrected chi connectivity index (χ0v) is 13.8. The van der Waals surface area contributed by atoms with Crippen LogP contribution in [0.2, 0.25) is 0 Å². The van der Waals surface area contributed by atoms with Crippen LogP contribution in [0.4, 0.5) is 0 Å². The molecule has 2 aromatic rings. The van der Waals surface area contributed by atoms with E-state index in [1.54, 1.807) is 30.8 Å². The van der Waals surface area contributed by atoms with E-state index < -0.39 is 0 Å². The average Bonchev–Trinajstić information content (AvgIpc) is 3.05. The number of rotatable bonds is 7. The number of hydrogen-bond acceptors (Lipinski definition) is 5. The summed E-state index contributed by atoms with van der Waals surface area (Å²) in [6, 6.07) is 5.31. The molecule has 0 aliphatic heterocycles. The number of aromatic nitrogens is 1. The minimum Gasteiger partial charge on any atom is -0.493 e. The van der Waals surface area contributed by atoms with Gasteiger partial charge in [0.2, 0.25) is 0 Å². The molecule has 0 bridgehead atoms. The van der Waals surface area contributed by atoms with Crippen molar-refractivity contribution >= 4 is 17.2 Å². The number of carbonyl (C=O) groups excluding carboxylic acids is 1. The molecule has 0 spiro atoms. The third kappa shape index (κ3) is 4.21. The van der Waals surface area contributed by atoms with Gasteiger partial charge in [-0.25, -0.2) is 4.98 Å². The Morgan fingerprint density at radius 2 is 2.23 bits per heavy atom. The van der Waals surface area contributed by atoms with Crippen LogP contribution in [-0.2, 0) is 6.61 Å². The van der Waals surface area contributed by atoms with Gasteiger partial charge >= 0.3 is 0 Å². The van der Waals surface area contributed by atoms with E-state index in [4.69, 9.17) is 9.47 Å². The lowest BCUT2D eigenvalue weighted by atomic mass is 10.1. The molecular formula is C16H20N2O3S. The molecular weight excluding hydrogens is 300 g/mol. The summed E-state index contributed by atoms with van der Waals surface area (Å²) in [7, 11) is 1.56. The molecule has 5 nitrogen and oxygen atoms in total. The largest absolute Gasteiger partial charge is 0.493 e. The fourth-order valence-electron chi connectivity index (χ4n) is 1.80. The molecule has 0 saturated carbocycles. The van der Waals surface area contributed by atoms with Gasteiger partial charge in [-0.05, 0) is 31.5 Å². The second-order valence-corrected chi connectivity index (χ2v) is 5.64. The summed E-state index contributed by atoms with van der Waals surface area (Å²) in [5, 5.41) is 4.86. The van der Waals surface area contributed by atoms with E-state index in [0.717, 1.165) is 12.1 Å². The SMILES string of the molecule is CC[C@H](C)NC(=O)c1ccc(OCc2cscn2)c(OC)c1. The van der Waals surface area contributed by atoms with Crippen LogP contribution in [0.3, 0.4) is 0 Å². The average molecular weight is 320 g/mol. The van der Waals surface area contributed by atoms with Crippen LogP contribution in [0, 0.1) is 0 Å². The third-order valence-corrected chi connectivity index (χ3v) is 3.91. The minimum atomic E-state index is -0.112. The van der Waals surface area contributed by atoms with Crippen molar-refractivity contribution in [3.05, 3.63) is 40.3 Å².